The van der Waals surface area contributed by atoms with Gasteiger partial charge in [-0.2, -0.15) is 4.68 Å². The van der Waals surface area contributed by atoms with E-state index in [2.05, 4.69) is 22.0 Å². The van der Waals surface area contributed by atoms with Gasteiger partial charge in [0.15, 0.2) is 5.82 Å². The number of hydrogen-bond acceptors (Lipinski definition) is 5. The van der Waals surface area contributed by atoms with Gasteiger partial charge < -0.3 is 5.73 Å². The molecular formula is C8H11N5S. The first-order valence-electron chi connectivity index (χ1n) is 4.39. The van der Waals surface area contributed by atoms with Gasteiger partial charge in [-0.1, -0.05) is 6.92 Å². The van der Waals surface area contributed by atoms with Crippen molar-refractivity contribution in [3.63, 3.8) is 0 Å². The minimum absolute atomic E-state index is 0.360. The molecule has 2 N–H and O–H groups in total. The predicted octanol–water partition coefficient (Wildman–Crippen LogP) is 0.745. The van der Waals surface area contributed by atoms with Crippen LogP contribution in [-0.2, 0) is 13.0 Å². The highest BCUT2D eigenvalue weighted by Crippen LogP contribution is 2.13. The first-order valence-corrected chi connectivity index (χ1v) is 5.27. The lowest BCUT2D eigenvalue weighted by molar-refractivity contribution is 0.818. The highest BCUT2D eigenvalue weighted by atomic mass is 32.1. The van der Waals surface area contributed by atoms with Crippen molar-refractivity contribution in [2.24, 2.45) is 5.73 Å². The zero-order chi connectivity index (χ0) is 9.97. The molecule has 74 valence electrons. The lowest BCUT2D eigenvalue weighted by Crippen LogP contribution is -2.00. The summed E-state index contributed by atoms with van der Waals surface area (Å²) in [5, 5.41) is 7.04. The number of aryl methyl sites for hydroxylation is 1. The van der Waals surface area contributed by atoms with E-state index in [9.17, 15) is 0 Å². The molecule has 0 saturated heterocycles. The van der Waals surface area contributed by atoms with Gasteiger partial charge in [0.2, 0.25) is 5.13 Å². The zero-order valence-corrected chi connectivity index (χ0v) is 8.66. The van der Waals surface area contributed by atoms with Gasteiger partial charge in [-0.3, -0.25) is 0 Å². The second-order valence-electron chi connectivity index (χ2n) is 2.78. The summed E-state index contributed by atoms with van der Waals surface area (Å²) in [7, 11) is 0. The van der Waals surface area contributed by atoms with Crippen LogP contribution in [0.5, 0.6) is 0 Å². The largest absolute Gasteiger partial charge is 0.324 e. The van der Waals surface area contributed by atoms with Crippen LogP contribution >= 0.6 is 11.3 Å². The summed E-state index contributed by atoms with van der Waals surface area (Å²) < 4.78 is 1.66. The number of rotatable bonds is 3. The van der Waals surface area contributed by atoms with Crippen LogP contribution in [0.15, 0.2) is 11.7 Å². The van der Waals surface area contributed by atoms with Gasteiger partial charge in [-0.25, -0.2) is 9.97 Å². The maximum absolute atomic E-state index is 5.42. The van der Waals surface area contributed by atoms with Crippen molar-refractivity contribution in [2.75, 3.05) is 0 Å². The summed E-state index contributed by atoms with van der Waals surface area (Å²) >= 11 is 1.56. The minimum atomic E-state index is 0.360. The third-order valence-corrected chi connectivity index (χ3v) is 2.70. The highest BCUT2D eigenvalue weighted by molar-refractivity contribution is 7.12. The Labute approximate surface area is 85.6 Å². The molecule has 0 aliphatic rings. The molecule has 2 aromatic heterocycles. The molecule has 0 radical (unpaired) electrons. The van der Waals surface area contributed by atoms with Crippen molar-refractivity contribution in [3.8, 4) is 5.13 Å². The second-order valence-corrected chi connectivity index (χ2v) is 3.62. The summed E-state index contributed by atoms with van der Waals surface area (Å²) in [6.45, 7) is 2.44. The van der Waals surface area contributed by atoms with E-state index in [1.165, 1.54) is 0 Å². The molecule has 2 rings (SSSR count). The third-order valence-electron chi connectivity index (χ3n) is 1.82. The van der Waals surface area contributed by atoms with E-state index < -0.39 is 0 Å². The summed E-state index contributed by atoms with van der Waals surface area (Å²) in [6, 6.07) is 0. The first kappa shape index (κ1) is 9.29. The summed E-state index contributed by atoms with van der Waals surface area (Å²) in [5.74, 6) is 0.637. The molecule has 14 heavy (non-hydrogen) atoms. The fraction of sp³-hybridized carbons (Fsp3) is 0.375. The Bertz CT molecular complexity index is 379. The number of hydrogen-bond donors (Lipinski definition) is 1. The lowest BCUT2D eigenvalue weighted by Gasteiger charge is -1.91. The number of nitrogens with two attached hydrogens (primary N) is 1. The molecule has 0 fully saturated rings. The molecule has 0 saturated carbocycles. The molecule has 0 amide bonds. The van der Waals surface area contributed by atoms with E-state index in [1.54, 1.807) is 22.3 Å². The van der Waals surface area contributed by atoms with Gasteiger partial charge in [-0.15, -0.1) is 16.4 Å². The Balaban J connectivity index is 2.29. The van der Waals surface area contributed by atoms with Crippen LogP contribution in [-0.4, -0.2) is 19.7 Å². The van der Waals surface area contributed by atoms with Crippen molar-refractivity contribution in [1.82, 2.24) is 19.7 Å². The van der Waals surface area contributed by atoms with Crippen LogP contribution in [0.1, 0.15) is 18.4 Å². The Kier molecular flexibility index (Phi) is 2.55. The monoisotopic (exact) mass is 209 g/mol. The smallest absolute Gasteiger partial charge is 0.212 e. The van der Waals surface area contributed by atoms with Gasteiger partial charge in [0, 0.05) is 5.38 Å². The van der Waals surface area contributed by atoms with Crippen molar-refractivity contribution in [1.29, 1.82) is 0 Å². The standard InChI is InChI=1S/C8H11N5S/c1-2-6-4-14-8(11-6)13-5-10-7(3-9)12-13/h4-5H,2-3,9H2,1H3. The maximum atomic E-state index is 5.42. The molecule has 0 bridgehead atoms. The Morgan fingerprint density at radius 2 is 2.43 bits per heavy atom. The van der Waals surface area contributed by atoms with Gasteiger partial charge in [0.05, 0.1) is 12.2 Å². The minimum Gasteiger partial charge on any atom is -0.324 e. The topological polar surface area (TPSA) is 69.6 Å². The predicted molar refractivity (Wildman–Crippen MR) is 54.3 cm³/mol. The van der Waals surface area contributed by atoms with Crippen LogP contribution in [0.3, 0.4) is 0 Å². The van der Waals surface area contributed by atoms with Gasteiger partial charge in [0.1, 0.15) is 6.33 Å². The molecule has 0 aliphatic heterocycles. The van der Waals surface area contributed by atoms with Gasteiger partial charge >= 0.3 is 0 Å². The van der Waals surface area contributed by atoms with E-state index in [0.29, 0.717) is 12.4 Å². The van der Waals surface area contributed by atoms with E-state index >= 15 is 0 Å². The first-order chi connectivity index (χ1) is 6.83. The molecule has 0 aromatic carbocycles. The van der Waals surface area contributed by atoms with Gasteiger partial charge in [-0.05, 0) is 6.42 Å². The van der Waals surface area contributed by atoms with Crippen molar-refractivity contribution in [3.05, 3.63) is 23.2 Å². The molecule has 0 aliphatic carbocycles. The summed E-state index contributed by atoms with van der Waals surface area (Å²) in [4.78, 5) is 8.42. The molecular weight excluding hydrogens is 198 g/mol. The second kappa shape index (κ2) is 3.85. The lowest BCUT2D eigenvalue weighted by atomic mass is 10.4. The van der Waals surface area contributed by atoms with Crippen LogP contribution in [0.4, 0.5) is 0 Å². The number of thiazole rings is 1. The van der Waals surface area contributed by atoms with Crippen LogP contribution < -0.4 is 5.73 Å². The van der Waals surface area contributed by atoms with E-state index in [0.717, 1.165) is 17.2 Å². The summed E-state index contributed by atoms with van der Waals surface area (Å²) in [6.07, 6.45) is 2.58. The van der Waals surface area contributed by atoms with Crippen LogP contribution in [0, 0.1) is 0 Å². The average Bonchev–Trinajstić information content (AvgIpc) is 2.86. The van der Waals surface area contributed by atoms with Crippen molar-refractivity contribution in [2.45, 2.75) is 19.9 Å². The van der Waals surface area contributed by atoms with E-state index in [-0.39, 0.29) is 0 Å². The number of aromatic nitrogens is 4. The SMILES string of the molecule is CCc1csc(-n2cnc(CN)n2)n1. The van der Waals surface area contributed by atoms with Crippen LogP contribution in [0.2, 0.25) is 0 Å². The molecule has 0 atom stereocenters. The third kappa shape index (κ3) is 1.66. The molecule has 2 aromatic rings. The molecule has 6 heteroatoms. The van der Waals surface area contributed by atoms with Crippen LogP contribution in [0.25, 0.3) is 5.13 Å². The Morgan fingerprint density at radius 1 is 1.57 bits per heavy atom. The van der Waals surface area contributed by atoms with Gasteiger partial charge in [0.25, 0.3) is 0 Å². The normalized spacial score (nSPS) is 10.7. The molecule has 0 spiro atoms. The number of nitrogens with zero attached hydrogens (tertiary/aromatic N) is 4. The van der Waals surface area contributed by atoms with Crippen molar-refractivity contribution < 1.29 is 0 Å². The molecule has 5 nitrogen and oxygen atoms in total. The fourth-order valence-electron chi connectivity index (χ4n) is 1.05. The molecule has 2 heterocycles. The van der Waals surface area contributed by atoms with E-state index in [1.807, 2.05) is 5.38 Å². The highest BCUT2D eigenvalue weighted by Gasteiger charge is 2.05. The Hall–Kier alpha value is -1.27. The fourth-order valence-corrected chi connectivity index (χ4v) is 1.87. The van der Waals surface area contributed by atoms with Crippen molar-refractivity contribution >= 4 is 11.3 Å². The maximum Gasteiger partial charge on any atom is 0.212 e. The summed E-state index contributed by atoms with van der Waals surface area (Å²) in [5.41, 5.74) is 6.50. The zero-order valence-electron chi connectivity index (χ0n) is 7.84. The average molecular weight is 209 g/mol. The molecule has 0 unspecified atom stereocenters. The van der Waals surface area contributed by atoms with E-state index in [4.69, 9.17) is 5.73 Å². The Morgan fingerprint density at radius 3 is 3.00 bits per heavy atom. The quantitative estimate of drug-likeness (QED) is 0.809.